The molecule has 5 rings (SSSR count). The van der Waals surface area contributed by atoms with Crippen LogP contribution in [0.5, 0.6) is 0 Å². The van der Waals surface area contributed by atoms with Crippen LogP contribution in [0.4, 0.5) is 0 Å². The van der Waals surface area contributed by atoms with Gasteiger partial charge in [-0.1, -0.05) is 78.9 Å². The van der Waals surface area contributed by atoms with E-state index in [-0.39, 0.29) is 5.78 Å². The quantitative estimate of drug-likeness (QED) is 0.415. The van der Waals surface area contributed by atoms with Crippen molar-refractivity contribution in [3.05, 3.63) is 102 Å². The summed E-state index contributed by atoms with van der Waals surface area (Å²) in [5.74, 6) is 0.0753. The average molecular weight is 364 g/mol. The van der Waals surface area contributed by atoms with Crippen molar-refractivity contribution in [2.75, 3.05) is 0 Å². The number of rotatable bonds is 4. The van der Waals surface area contributed by atoms with Crippen LogP contribution < -0.4 is 0 Å². The second-order valence-electron chi connectivity index (χ2n) is 6.53. The first-order valence-corrected chi connectivity index (χ1v) is 9.04. The number of nitrogens with one attached hydrogen (secondary N) is 1. The van der Waals surface area contributed by atoms with Crippen LogP contribution in [0, 0.1) is 0 Å². The Hall–Kier alpha value is -3.92. The Morgan fingerprint density at radius 3 is 2.14 bits per heavy atom. The topological polar surface area (TPSA) is 58.9 Å². The molecule has 0 atom stereocenters. The molecule has 2 heterocycles. The minimum atomic E-state index is -0.218. The lowest BCUT2D eigenvalue weighted by atomic mass is 9.97. The number of fused-ring (bicyclic) bond motifs is 1. The molecule has 0 aliphatic rings. The molecule has 0 radical (unpaired) electrons. The zero-order chi connectivity index (χ0) is 18.9. The summed E-state index contributed by atoms with van der Waals surface area (Å²) in [6.07, 6.45) is 0. The van der Waals surface area contributed by atoms with Crippen molar-refractivity contribution in [1.29, 1.82) is 0 Å². The van der Waals surface area contributed by atoms with Crippen LogP contribution in [0.2, 0.25) is 0 Å². The van der Waals surface area contributed by atoms with Gasteiger partial charge in [0.1, 0.15) is 17.0 Å². The molecule has 0 aliphatic carbocycles. The highest BCUT2D eigenvalue weighted by molar-refractivity contribution is 6.13. The van der Waals surface area contributed by atoms with Crippen LogP contribution in [0.25, 0.3) is 33.4 Å². The number of hydrogen-bond acceptors (Lipinski definition) is 3. The van der Waals surface area contributed by atoms with Crippen LogP contribution in [-0.4, -0.2) is 16.0 Å². The van der Waals surface area contributed by atoms with Crippen molar-refractivity contribution in [2.45, 2.75) is 0 Å². The molecular formula is C24H16N2O2. The van der Waals surface area contributed by atoms with E-state index in [9.17, 15) is 4.79 Å². The van der Waals surface area contributed by atoms with Crippen molar-refractivity contribution < 1.29 is 9.21 Å². The van der Waals surface area contributed by atoms with Gasteiger partial charge in [-0.25, -0.2) is 0 Å². The highest BCUT2D eigenvalue weighted by Crippen LogP contribution is 2.34. The second kappa shape index (κ2) is 6.67. The van der Waals surface area contributed by atoms with Crippen LogP contribution in [0.3, 0.4) is 0 Å². The lowest BCUT2D eigenvalue weighted by molar-refractivity contribution is 0.101. The molecule has 4 heteroatoms. The Balaban J connectivity index is 1.69. The lowest BCUT2D eigenvalue weighted by Gasteiger charge is -2.05. The molecule has 4 nitrogen and oxygen atoms in total. The smallest absolute Gasteiger partial charge is 0.246 e. The third kappa shape index (κ3) is 2.72. The summed E-state index contributed by atoms with van der Waals surface area (Å²) >= 11 is 0. The maximum atomic E-state index is 13.3. The maximum Gasteiger partial charge on any atom is 0.246 e. The molecule has 0 saturated carbocycles. The highest BCUT2D eigenvalue weighted by atomic mass is 16.3. The number of carbonyl (C=O) groups excluding carboxylic acids is 1. The fourth-order valence-electron chi connectivity index (χ4n) is 3.41. The summed E-state index contributed by atoms with van der Waals surface area (Å²) in [6.45, 7) is 0. The Bertz CT molecular complexity index is 1230. The average Bonchev–Trinajstić information content (AvgIpc) is 3.39. The van der Waals surface area contributed by atoms with Crippen molar-refractivity contribution in [3.8, 4) is 22.4 Å². The van der Waals surface area contributed by atoms with E-state index in [1.165, 1.54) is 0 Å². The number of H-pyrrole nitrogens is 1. The monoisotopic (exact) mass is 364 g/mol. The first-order valence-electron chi connectivity index (χ1n) is 9.04. The summed E-state index contributed by atoms with van der Waals surface area (Å²) < 4.78 is 5.79. The van der Waals surface area contributed by atoms with Crippen LogP contribution in [0.15, 0.2) is 95.4 Å². The van der Waals surface area contributed by atoms with Crippen molar-refractivity contribution in [2.24, 2.45) is 0 Å². The number of para-hydroxylation sites is 1. The minimum Gasteiger partial charge on any atom is -0.453 e. The van der Waals surface area contributed by atoms with E-state index >= 15 is 0 Å². The normalized spacial score (nSPS) is 11.0. The van der Waals surface area contributed by atoms with Crippen molar-refractivity contribution >= 4 is 16.8 Å². The van der Waals surface area contributed by atoms with E-state index in [4.69, 9.17) is 4.42 Å². The Morgan fingerprint density at radius 1 is 0.786 bits per heavy atom. The standard InChI is InChI=1S/C24H16N2O2/c27-24(20-15-18-13-7-8-14-19(18)28-20)23-21(16-9-3-1-4-10-16)22(25-26-23)17-11-5-2-6-12-17/h1-15H,(H,25,26). The minimum absolute atomic E-state index is 0.218. The van der Waals surface area contributed by atoms with Gasteiger partial charge in [0.05, 0.1) is 0 Å². The van der Waals surface area contributed by atoms with Gasteiger partial charge < -0.3 is 4.42 Å². The van der Waals surface area contributed by atoms with E-state index in [1.54, 1.807) is 6.07 Å². The summed E-state index contributed by atoms with van der Waals surface area (Å²) in [4.78, 5) is 13.3. The lowest BCUT2D eigenvalue weighted by Crippen LogP contribution is -2.02. The molecule has 1 N–H and O–H groups in total. The van der Waals surface area contributed by atoms with Crippen molar-refractivity contribution in [1.82, 2.24) is 10.2 Å². The van der Waals surface area contributed by atoms with Crippen LogP contribution >= 0.6 is 0 Å². The number of aromatic amines is 1. The predicted molar refractivity (Wildman–Crippen MR) is 109 cm³/mol. The van der Waals surface area contributed by atoms with E-state index in [0.717, 1.165) is 27.8 Å². The second-order valence-corrected chi connectivity index (χ2v) is 6.53. The fraction of sp³-hybridized carbons (Fsp3) is 0. The number of benzene rings is 3. The molecular weight excluding hydrogens is 348 g/mol. The molecule has 0 unspecified atom stereocenters. The number of hydrogen-bond donors (Lipinski definition) is 1. The van der Waals surface area contributed by atoms with E-state index in [1.807, 2.05) is 84.9 Å². The Morgan fingerprint density at radius 2 is 1.43 bits per heavy atom. The molecule has 0 spiro atoms. The third-order valence-corrected chi connectivity index (χ3v) is 4.75. The van der Waals surface area contributed by atoms with Crippen molar-refractivity contribution in [3.63, 3.8) is 0 Å². The number of furan rings is 1. The highest BCUT2D eigenvalue weighted by Gasteiger charge is 2.24. The van der Waals surface area contributed by atoms with Gasteiger partial charge in [0, 0.05) is 16.5 Å². The van der Waals surface area contributed by atoms with Gasteiger partial charge in [0.25, 0.3) is 0 Å². The zero-order valence-electron chi connectivity index (χ0n) is 14.9. The largest absolute Gasteiger partial charge is 0.453 e. The van der Waals surface area contributed by atoms with Gasteiger partial charge in [-0.2, -0.15) is 5.10 Å². The Kier molecular flexibility index (Phi) is 3.87. The SMILES string of the molecule is O=C(c1cc2ccccc2o1)c1[nH]nc(-c2ccccc2)c1-c1ccccc1. The number of nitrogens with zero attached hydrogens (tertiary/aromatic N) is 1. The third-order valence-electron chi connectivity index (χ3n) is 4.75. The summed E-state index contributed by atoms with van der Waals surface area (Å²) in [7, 11) is 0. The molecule has 0 aliphatic heterocycles. The molecule has 28 heavy (non-hydrogen) atoms. The summed E-state index contributed by atoms with van der Waals surface area (Å²) in [5, 5.41) is 8.33. The molecule has 5 aromatic rings. The molecule has 0 fully saturated rings. The molecule has 0 saturated heterocycles. The van der Waals surface area contributed by atoms with E-state index < -0.39 is 0 Å². The zero-order valence-corrected chi connectivity index (χ0v) is 14.9. The van der Waals surface area contributed by atoms with Gasteiger partial charge in [-0.15, -0.1) is 0 Å². The fourth-order valence-corrected chi connectivity index (χ4v) is 3.41. The van der Waals surface area contributed by atoms with Gasteiger partial charge >= 0.3 is 0 Å². The van der Waals surface area contributed by atoms with Gasteiger partial charge in [-0.3, -0.25) is 9.89 Å². The maximum absolute atomic E-state index is 13.3. The van der Waals surface area contributed by atoms with Gasteiger partial charge in [0.2, 0.25) is 5.78 Å². The summed E-state index contributed by atoms with van der Waals surface area (Å²) in [6, 6.07) is 29.0. The van der Waals surface area contributed by atoms with E-state index in [2.05, 4.69) is 10.2 Å². The number of ketones is 1. The molecule has 3 aromatic carbocycles. The predicted octanol–water partition coefficient (Wildman–Crippen LogP) is 5.72. The Labute approximate surface area is 161 Å². The molecule has 134 valence electrons. The summed E-state index contributed by atoms with van der Waals surface area (Å²) in [5.41, 5.74) is 4.50. The van der Waals surface area contributed by atoms with Crippen LogP contribution in [-0.2, 0) is 0 Å². The van der Waals surface area contributed by atoms with Crippen LogP contribution in [0.1, 0.15) is 16.2 Å². The molecule has 2 aromatic heterocycles. The van der Waals surface area contributed by atoms with Gasteiger partial charge in [-0.05, 0) is 17.7 Å². The molecule has 0 bridgehead atoms. The van der Waals surface area contributed by atoms with E-state index in [0.29, 0.717) is 17.0 Å². The molecule has 0 amide bonds. The number of carbonyl (C=O) groups is 1. The number of aromatic nitrogens is 2. The first-order chi connectivity index (χ1) is 13.8. The van der Waals surface area contributed by atoms with Gasteiger partial charge in [0.15, 0.2) is 5.76 Å². The first kappa shape index (κ1) is 16.3.